The fourth-order valence-corrected chi connectivity index (χ4v) is 5.01. The van der Waals surface area contributed by atoms with Gasteiger partial charge in [0.1, 0.15) is 5.76 Å². The van der Waals surface area contributed by atoms with Crippen molar-refractivity contribution in [3.05, 3.63) is 62.8 Å². The van der Waals surface area contributed by atoms with Gasteiger partial charge in [-0.25, -0.2) is 14.5 Å². The number of benzene rings is 1. The van der Waals surface area contributed by atoms with Crippen molar-refractivity contribution in [1.82, 2.24) is 29.2 Å². The molecule has 1 aromatic heterocycles. The van der Waals surface area contributed by atoms with Gasteiger partial charge in [0, 0.05) is 32.2 Å². The summed E-state index contributed by atoms with van der Waals surface area (Å²) >= 11 is 0. The first-order valence-corrected chi connectivity index (χ1v) is 12.4. The molecule has 2 fully saturated rings. The highest BCUT2D eigenvalue weighted by atomic mass is 16.5. The average Bonchev–Trinajstić information content (AvgIpc) is 3.61. The van der Waals surface area contributed by atoms with E-state index in [0.29, 0.717) is 17.3 Å². The normalized spacial score (nSPS) is 17.2. The molecule has 0 bridgehead atoms. The summed E-state index contributed by atoms with van der Waals surface area (Å²) in [4.78, 5) is 36.1. The van der Waals surface area contributed by atoms with Crippen molar-refractivity contribution in [2.45, 2.75) is 38.3 Å². The molecule has 10 heteroatoms. The first-order chi connectivity index (χ1) is 17.6. The highest BCUT2D eigenvalue weighted by Gasteiger charge is 2.27. The minimum Gasteiger partial charge on any atom is -0.453 e. The van der Waals surface area contributed by atoms with Crippen LogP contribution in [0.3, 0.4) is 0 Å². The van der Waals surface area contributed by atoms with E-state index in [2.05, 4.69) is 27.0 Å². The van der Waals surface area contributed by atoms with Crippen molar-refractivity contribution in [3.63, 3.8) is 0 Å². The molecule has 0 amide bonds. The molecule has 1 saturated heterocycles. The van der Waals surface area contributed by atoms with Crippen LogP contribution in [0.15, 0.2) is 50.4 Å². The molecule has 2 aromatic rings. The molecular formula is C26H28N6O4. The summed E-state index contributed by atoms with van der Waals surface area (Å²) in [5.74, 6) is 1.70. The monoisotopic (exact) mass is 488 g/mol. The highest BCUT2D eigenvalue weighted by molar-refractivity contribution is 5.63. The summed E-state index contributed by atoms with van der Waals surface area (Å²) < 4.78 is 14.3. The van der Waals surface area contributed by atoms with E-state index >= 15 is 0 Å². The Balaban J connectivity index is 1.33. The number of aromatic nitrogens is 5. The van der Waals surface area contributed by atoms with Gasteiger partial charge in [0.15, 0.2) is 17.3 Å². The van der Waals surface area contributed by atoms with Crippen LogP contribution in [-0.4, -0.2) is 55.5 Å². The van der Waals surface area contributed by atoms with Crippen LogP contribution < -0.4 is 11.2 Å². The fourth-order valence-electron chi connectivity index (χ4n) is 5.01. The van der Waals surface area contributed by atoms with E-state index in [1.807, 2.05) is 24.3 Å². The molecule has 0 radical (unpaired) electrons. The quantitative estimate of drug-likeness (QED) is 0.422. The molecule has 4 heterocycles. The number of furan rings is 1. The molecule has 0 unspecified atom stereocenters. The molecule has 10 nitrogen and oxygen atoms in total. The molecular weight excluding hydrogens is 460 g/mol. The zero-order chi connectivity index (χ0) is 24.6. The summed E-state index contributed by atoms with van der Waals surface area (Å²) in [6.45, 7) is 4.36. The van der Waals surface area contributed by atoms with Crippen LogP contribution in [0.25, 0.3) is 34.4 Å². The summed E-state index contributed by atoms with van der Waals surface area (Å²) in [6, 6.07) is 12.1. The third-order valence-corrected chi connectivity index (χ3v) is 7.09. The lowest BCUT2D eigenvalue weighted by Crippen LogP contribution is -2.37. The van der Waals surface area contributed by atoms with E-state index in [0.717, 1.165) is 68.7 Å². The highest BCUT2D eigenvalue weighted by Crippen LogP contribution is 2.33. The Labute approximate surface area is 207 Å². The van der Waals surface area contributed by atoms with Gasteiger partial charge < -0.3 is 9.15 Å². The summed E-state index contributed by atoms with van der Waals surface area (Å²) in [5.41, 5.74) is 1.23. The summed E-state index contributed by atoms with van der Waals surface area (Å²) in [7, 11) is 1.41. The van der Waals surface area contributed by atoms with Crippen LogP contribution in [0, 0.1) is 0 Å². The third kappa shape index (κ3) is 4.27. The van der Waals surface area contributed by atoms with E-state index in [1.54, 1.807) is 4.68 Å². The Morgan fingerprint density at radius 3 is 2.42 bits per heavy atom. The number of ether oxygens (including phenoxy) is 1. The molecule has 0 N–H and O–H groups in total. The van der Waals surface area contributed by atoms with Crippen LogP contribution in [0.5, 0.6) is 0 Å². The number of morpholine rings is 1. The van der Waals surface area contributed by atoms with E-state index < -0.39 is 11.2 Å². The van der Waals surface area contributed by atoms with Gasteiger partial charge in [-0.15, -0.1) is 5.10 Å². The fraction of sp³-hybridized carbons (Fsp3) is 0.423. The number of hydrogen-bond donors (Lipinski definition) is 0. The number of nitrogens with zero attached hydrogens (tertiary/aromatic N) is 6. The van der Waals surface area contributed by atoms with E-state index in [-0.39, 0.29) is 17.6 Å². The molecule has 186 valence electrons. The van der Waals surface area contributed by atoms with Crippen molar-refractivity contribution >= 4 is 0 Å². The van der Waals surface area contributed by atoms with Crippen molar-refractivity contribution in [2.75, 3.05) is 26.3 Å². The van der Waals surface area contributed by atoms with Gasteiger partial charge in [-0.2, -0.15) is 4.98 Å². The van der Waals surface area contributed by atoms with Crippen molar-refractivity contribution in [1.29, 1.82) is 0 Å². The predicted octanol–water partition coefficient (Wildman–Crippen LogP) is 2.71. The molecule has 0 atom stereocenters. The van der Waals surface area contributed by atoms with Crippen LogP contribution in [0.1, 0.15) is 37.3 Å². The number of hydrogen-bond acceptors (Lipinski definition) is 8. The largest absolute Gasteiger partial charge is 0.453 e. The molecule has 1 aliphatic carbocycles. The Morgan fingerprint density at radius 2 is 1.67 bits per heavy atom. The maximum absolute atomic E-state index is 12.9. The van der Waals surface area contributed by atoms with Crippen LogP contribution in [0.2, 0.25) is 0 Å². The second-order valence-corrected chi connectivity index (χ2v) is 9.50. The Kier molecular flexibility index (Phi) is 5.98. The Bertz CT molecular complexity index is 1460. The van der Waals surface area contributed by atoms with Crippen LogP contribution in [-0.2, 0) is 18.3 Å². The number of fused-ring (bicyclic) bond motifs is 1. The van der Waals surface area contributed by atoms with Gasteiger partial charge in [0.25, 0.3) is 5.56 Å². The third-order valence-electron chi connectivity index (χ3n) is 7.09. The van der Waals surface area contributed by atoms with Gasteiger partial charge in [0.05, 0.1) is 19.3 Å². The maximum Gasteiger partial charge on any atom is 0.352 e. The zero-order valence-corrected chi connectivity index (χ0v) is 20.2. The predicted molar refractivity (Wildman–Crippen MR) is 133 cm³/mol. The van der Waals surface area contributed by atoms with Gasteiger partial charge in [-0.3, -0.25) is 14.3 Å². The van der Waals surface area contributed by atoms with Crippen molar-refractivity contribution in [3.8, 4) is 34.4 Å². The van der Waals surface area contributed by atoms with Gasteiger partial charge in [0.2, 0.25) is 5.82 Å². The molecule has 1 aromatic carbocycles. The SMILES string of the molecule is Cn1c(=O)nc2n(C3CCCC3)nc(-c3ccc(-c4ccc(CN5CCOCC5)cc4)o3)nc-2c1=O. The van der Waals surface area contributed by atoms with Gasteiger partial charge in [-0.1, -0.05) is 37.1 Å². The molecule has 1 saturated carbocycles. The summed E-state index contributed by atoms with van der Waals surface area (Å²) in [6.07, 6.45) is 3.98. The molecule has 0 spiro atoms. The van der Waals surface area contributed by atoms with Crippen LogP contribution in [0.4, 0.5) is 0 Å². The topological polar surface area (TPSA) is 108 Å². The average molecular weight is 489 g/mol. The Morgan fingerprint density at radius 1 is 0.944 bits per heavy atom. The second kappa shape index (κ2) is 9.44. The molecule has 4 aliphatic rings. The second-order valence-electron chi connectivity index (χ2n) is 9.50. The lowest BCUT2D eigenvalue weighted by molar-refractivity contribution is 0.0342. The lowest BCUT2D eigenvalue weighted by atomic mass is 10.1. The van der Waals surface area contributed by atoms with Gasteiger partial charge >= 0.3 is 5.69 Å². The number of rotatable bonds is 5. The molecule has 3 aliphatic heterocycles. The maximum atomic E-state index is 12.9. The minimum absolute atomic E-state index is 0.0710. The first-order valence-electron chi connectivity index (χ1n) is 12.4. The smallest absolute Gasteiger partial charge is 0.352 e. The first kappa shape index (κ1) is 22.8. The minimum atomic E-state index is -0.604. The lowest BCUT2D eigenvalue weighted by Gasteiger charge is -2.26. The molecule has 36 heavy (non-hydrogen) atoms. The molecule has 6 rings (SSSR count). The summed E-state index contributed by atoms with van der Waals surface area (Å²) in [5, 5.41) is 4.70. The zero-order valence-electron chi connectivity index (χ0n) is 20.2. The van der Waals surface area contributed by atoms with Crippen molar-refractivity contribution in [2.24, 2.45) is 7.05 Å². The van der Waals surface area contributed by atoms with E-state index in [4.69, 9.17) is 14.3 Å². The van der Waals surface area contributed by atoms with Crippen molar-refractivity contribution < 1.29 is 9.15 Å². The standard InChI is InChI=1S/C26H28N6O4/c1-30-25(33)22-24(28-26(30)34)32(19-4-2-3-5-19)29-23(27-22)21-11-10-20(36-21)18-8-6-17(7-9-18)16-31-12-14-35-15-13-31/h6-11,19H,2-5,12-16H2,1H3. The van der Waals surface area contributed by atoms with Crippen LogP contribution >= 0.6 is 0 Å². The van der Waals surface area contributed by atoms with E-state index in [1.165, 1.54) is 12.6 Å². The van der Waals surface area contributed by atoms with E-state index in [9.17, 15) is 9.59 Å². The Hall–Kier alpha value is -3.63. The van der Waals surface area contributed by atoms with Gasteiger partial charge in [-0.05, 0) is 30.5 Å².